The minimum absolute atomic E-state index is 0.0218. The quantitative estimate of drug-likeness (QED) is 0.436. The van der Waals surface area contributed by atoms with E-state index in [0.29, 0.717) is 0 Å². The third-order valence-corrected chi connectivity index (χ3v) is 5.32. The normalized spacial score (nSPS) is 12.4. The fourth-order valence-corrected chi connectivity index (χ4v) is 3.53. The van der Waals surface area contributed by atoms with Crippen LogP contribution >= 0.6 is 11.6 Å². The predicted molar refractivity (Wildman–Crippen MR) is 106 cm³/mol. The Balaban J connectivity index is 2.69. The number of benzene rings is 1. The van der Waals surface area contributed by atoms with E-state index in [4.69, 9.17) is 16.3 Å². The number of aromatic nitrogens is 2. The number of ether oxygens (including phenoxy) is 1. The Morgan fingerprint density at radius 2 is 1.97 bits per heavy atom. The summed E-state index contributed by atoms with van der Waals surface area (Å²) in [6.45, 7) is 2.58. The van der Waals surface area contributed by atoms with E-state index in [1.165, 1.54) is 39.4 Å². The molecule has 0 aliphatic carbocycles. The van der Waals surface area contributed by atoms with Gasteiger partial charge in [-0.15, -0.1) is 0 Å². The molecule has 0 spiro atoms. The summed E-state index contributed by atoms with van der Waals surface area (Å²) in [5.41, 5.74) is -6.48. The Bertz CT molecular complexity index is 1110. The van der Waals surface area contributed by atoms with Gasteiger partial charge in [0.05, 0.1) is 23.8 Å². The molecule has 0 aliphatic rings. The number of sulfonamides is 1. The van der Waals surface area contributed by atoms with Crippen molar-refractivity contribution in [3.8, 4) is 11.6 Å². The number of nitrogens with zero attached hydrogens (tertiary/aromatic N) is 4. The molecule has 0 radical (unpaired) electrons. The fourth-order valence-electron chi connectivity index (χ4n) is 2.37. The van der Waals surface area contributed by atoms with Gasteiger partial charge in [-0.05, 0) is 25.1 Å². The lowest BCUT2D eigenvalue weighted by atomic mass is 10.1. The van der Waals surface area contributed by atoms with E-state index in [1.54, 1.807) is 0 Å². The molecule has 0 atom stereocenters. The van der Waals surface area contributed by atoms with Gasteiger partial charge in [-0.25, -0.2) is 0 Å². The number of carbonyl (C=O) groups is 1. The van der Waals surface area contributed by atoms with Crippen molar-refractivity contribution in [2.75, 3.05) is 11.4 Å². The molecular formula is C17H16ClF3N4O5S. The van der Waals surface area contributed by atoms with Crippen molar-refractivity contribution in [2.45, 2.75) is 25.8 Å². The Morgan fingerprint density at radius 1 is 1.29 bits per heavy atom. The first-order valence-electron chi connectivity index (χ1n) is 8.44. The molecule has 0 N–H and O–H groups in total. The molecule has 9 nitrogen and oxygen atoms in total. The standard InChI is InChI=1S/C17H16ClF3N4O5S/c1-4-16(26)25(31(27,28)17(19,20)21)13-6-5-11(7-12(13)10(2)24-29-3)30-15-9-22-8-14(18)23-15/h5-9H,4H2,1-3H3. The highest BCUT2D eigenvalue weighted by Gasteiger charge is 2.52. The number of anilines is 1. The number of halogens is 4. The van der Waals surface area contributed by atoms with Crippen molar-refractivity contribution in [2.24, 2.45) is 5.16 Å². The second kappa shape index (κ2) is 9.47. The molecular weight excluding hydrogens is 465 g/mol. The summed E-state index contributed by atoms with van der Waals surface area (Å²) in [6, 6.07) is 3.31. The van der Waals surface area contributed by atoms with Crippen LogP contribution in [-0.2, 0) is 19.7 Å². The Labute approximate surface area is 180 Å². The molecule has 2 rings (SSSR count). The number of hydrogen-bond donors (Lipinski definition) is 0. The number of carbonyl (C=O) groups excluding carboxylic acids is 1. The van der Waals surface area contributed by atoms with Crippen LogP contribution in [0.4, 0.5) is 18.9 Å². The second-order valence-electron chi connectivity index (χ2n) is 5.78. The average molecular weight is 481 g/mol. The van der Waals surface area contributed by atoms with Gasteiger partial charge in [-0.1, -0.05) is 23.7 Å². The van der Waals surface area contributed by atoms with Gasteiger partial charge in [-0.3, -0.25) is 9.78 Å². The van der Waals surface area contributed by atoms with Crippen molar-refractivity contribution >= 4 is 38.9 Å². The molecule has 0 bridgehead atoms. The van der Waals surface area contributed by atoms with Crippen LogP contribution in [0, 0.1) is 0 Å². The number of amides is 1. The molecule has 1 heterocycles. The van der Waals surface area contributed by atoms with Crippen LogP contribution in [-0.4, -0.2) is 42.6 Å². The van der Waals surface area contributed by atoms with Crippen molar-refractivity contribution in [1.29, 1.82) is 0 Å². The van der Waals surface area contributed by atoms with Crippen LogP contribution in [0.3, 0.4) is 0 Å². The summed E-state index contributed by atoms with van der Waals surface area (Å²) in [6.07, 6.45) is 1.98. The number of alkyl halides is 3. The van der Waals surface area contributed by atoms with Crippen LogP contribution in [0.15, 0.2) is 35.7 Å². The van der Waals surface area contributed by atoms with E-state index >= 15 is 0 Å². The summed E-state index contributed by atoms with van der Waals surface area (Å²) in [5.74, 6) is -1.29. The van der Waals surface area contributed by atoms with E-state index in [0.717, 1.165) is 12.1 Å². The van der Waals surface area contributed by atoms with E-state index < -0.39 is 33.5 Å². The van der Waals surface area contributed by atoms with E-state index in [2.05, 4.69) is 20.0 Å². The third kappa shape index (κ3) is 5.41. The van der Waals surface area contributed by atoms with Crippen LogP contribution in [0.25, 0.3) is 0 Å². The molecule has 1 amide bonds. The SMILES string of the molecule is CCC(=O)N(c1ccc(Oc2cncc(Cl)n2)cc1C(C)=NOC)S(=O)(=O)C(F)(F)F. The molecule has 31 heavy (non-hydrogen) atoms. The van der Waals surface area contributed by atoms with Gasteiger partial charge >= 0.3 is 15.5 Å². The maximum atomic E-state index is 13.3. The van der Waals surface area contributed by atoms with Crippen molar-refractivity contribution in [1.82, 2.24) is 9.97 Å². The maximum absolute atomic E-state index is 13.3. The van der Waals surface area contributed by atoms with Gasteiger partial charge in [0.2, 0.25) is 11.8 Å². The van der Waals surface area contributed by atoms with E-state index in [1.807, 2.05) is 0 Å². The van der Waals surface area contributed by atoms with Gasteiger partial charge < -0.3 is 9.57 Å². The minimum atomic E-state index is -6.04. The van der Waals surface area contributed by atoms with Crippen LogP contribution < -0.4 is 9.04 Å². The summed E-state index contributed by atoms with van der Waals surface area (Å²) in [7, 11) is -4.86. The highest BCUT2D eigenvalue weighted by molar-refractivity contribution is 7.94. The smallest absolute Gasteiger partial charge is 0.437 e. The van der Waals surface area contributed by atoms with Crippen LogP contribution in [0.5, 0.6) is 11.6 Å². The van der Waals surface area contributed by atoms with Crippen molar-refractivity contribution in [3.63, 3.8) is 0 Å². The van der Waals surface area contributed by atoms with Gasteiger partial charge in [0, 0.05) is 12.0 Å². The zero-order valence-corrected chi connectivity index (χ0v) is 17.9. The highest BCUT2D eigenvalue weighted by Crippen LogP contribution is 2.36. The van der Waals surface area contributed by atoms with Gasteiger partial charge in [0.15, 0.2) is 5.15 Å². The Morgan fingerprint density at radius 3 is 2.52 bits per heavy atom. The highest BCUT2D eigenvalue weighted by atomic mass is 35.5. The Kier molecular flexibility index (Phi) is 7.44. The first-order chi connectivity index (χ1) is 14.4. The number of rotatable bonds is 7. The van der Waals surface area contributed by atoms with Crippen molar-refractivity contribution in [3.05, 3.63) is 41.3 Å². The summed E-state index contributed by atoms with van der Waals surface area (Å²) >= 11 is 5.74. The van der Waals surface area contributed by atoms with Crippen LogP contribution in [0.1, 0.15) is 25.8 Å². The number of hydrogen-bond acceptors (Lipinski definition) is 8. The zero-order chi connectivity index (χ0) is 23.4. The zero-order valence-electron chi connectivity index (χ0n) is 16.3. The minimum Gasteiger partial charge on any atom is -0.437 e. The number of oxime groups is 1. The van der Waals surface area contributed by atoms with Crippen molar-refractivity contribution < 1.29 is 36.0 Å². The van der Waals surface area contributed by atoms with E-state index in [-0.39, 0.29) is 32.4 Å². The molecule has 1 aromatic carbocycles. The molecule has 0 unspecified atom stereocenters. The molecule has 0 aliphatic heterocycles. The lowest BCUT2D eigenvalue weighted by molar-refractivity contribution is -0.117. The first kappa shape index (κ1) is 24.3. The molecule has 0 fully saturated rings. The second-order valence-corrected chi connectivity index (χ2v) is 7.95. The molecule has 0 saturated heterocycles. The molecule has 168 valence electrons. The summed E-state index contributed by atoms with van der Waals surface area (Å²) < 4.78 is 69.2. The Hall–Kier alpha value is -2.93. The molecule has 0 saturated carbocycles. The first-order valence-corrected chi connectivity index (χ1v) is 10.3. The topological polar surface area (TPSA) is 111 Å². The van der Waals surface area contributed by atoms with Crippen LogP contribution in [0.2, 0.25) is 5.15 Å². The lowest BCUT2D eigenvalue weighted by Gasteiger charge is -2.25. The third-order valence-electron chi connectivity index (χ3n) is 3.67. The van der Waals surface area contributed by atoms with Gasteiger partial charge in [-0.2, -0.15) is 30.9 Å². The monoisotopic (exact) mass is 480 g/mol. The molecule has 1 aromatic heterocycles. The fraction of sp³-hybridized carbons (Fsp3) is 0.294. The maximum Gasteiger partial charge on any atom is 0.517 e. The average Bonchev–Trinajstić information content (AvgIpc) is 2.68. The largest absolute Gasteiger partial charge is 0.517 e. The van der Waals surface area contributed by atoms with Gasteiger partial charge in [0.25, 0.3) is 0 Å². The summed E-state index contributed by atoms with van der Waals surface area (Å²) in [4.78, 5) is 24.6. The molecule has 14 heteroatoms. The van der Waals surface area contributed by atoms with E-state index in [9.17, 15) is 26.4 Å². The van der Waals surface area contributed by atoms with Gasteiger partial charge in [0.1, 0.15) is 12.9 Å². The predicted octanol–water partition coefficient (Wildman–Crippen LogP) is 3.89. The summed E-state index contributed by atoms with van der Waals surface area (Å²) in [5, 5.41) is 3.66. The lowest BCUT2D eigenvalue weighted by Crippen LogP contribution is -2.45. The molecule has 2 aromatic rings.